The maximum absolute atomic E-state index is 12.9. The van der Waals surface area contributed by atoms with Gasteiger partial charge in [-0.1, -0.05) is 30.3 Å². The molecule has 1 heterocycles. The molecule has 0 saturated carbocycles. The zero-order chi connectivity index (χ0) is 25.5. The molecule has 0 spiro atoms. The monoisotopic (exact) mass is 482 g/mol. The number of rotatable bonds is 10. The Morgan fingerprint density at radius 2 is 1.57 bits per heavy atom. The van der Waals surface area contributed by atoms with E-state index in [9.17, 15) is 4.79 Å². The molecule has 0 fully saturated rings. The number of hydrazine groups is 2. The number of hydrogen-bond acceptors (Lipinski definition) is 10. The highest BCUT2D eigenvalue weighted by atomic mass is 16.5. The second-order valence-corrected chi connectivity index (χ2v) is 7.86. The molecule has 35 heavy (non-hydrogen) atoms. The molecule has 2 aromatic carbocycles. The first-order valence-electron chi connectivity index (χ1n) is 10.7. The fourth-order valence-corrected chi connectivity index (χ4v) is 3.46. The van der Waals surface area contributed by atoms with Crippen LogP contribution in [0.15, 0.2) is 61.9 Å². The van der Waals surface area contributed by atoms with Crippen LogP contribution in [0.3, 0.4) is 0 Å². The van der Waals surface area contributed by atoms with Gasteiger partial charge >= 0.3 is 5.63 Å². The van der Waals surface area contributed by atoms with Crippen molar-refractivity contribution >= 4 is 22.6 Å². The topological polar surface area (TPSA) is 184 Å². The normalized spacial score (nSPS) is 12.0. The Kier molecular flexibility index (Phi) is 8.12. The van der Waals surface area contributed by atoms with Gasteiger partial charge < -0.3 is 25.4 Å². The molecule has 8 N–H and O–H groups in total. The number of benzene rings is 2. The number of nitrogens with two attached hydrogens (primary N) is 4. The molecule has 0 atom stereocenters. The summed E-state index contributed by atoms with van der Waals surface area (Å²) in [5, 5.41) is 10.6. The van der Waals surface area contributed by atoms with Crippen LogP contribution in [0.25, 0.3) is 11.0 Å². The van der Waals surface area contributed by atoms with Gasteiger partial charge in [0.1, 0.15) is 30.3 Å². The molecule has 0 bridgehead atoms. The Labute approximate surface area is 202 Å². The summed E-state index contributed by atoms with van der Waals surface area (Å²) in [6, 6.07) is 12.9. The Bertz CT molecular complexity index is 1290. The zero-order valence-corrected chi connectivity index (χ0v) is 19.9. The second kappa shape index (κ2) is 11.2. The average Bonchev–Trinajstić information content (AvgIpc) is 2.78. The Morgan fingerprint density at radius 3 is 2.17 bits per heavy atom. The van der Waals surface area contributed by atoms with Crippen molar-refractivity contribution < 1.29 is 13.9 Å². The van der Waals surface area contributed by atoms with Crippen LogP contribution in [-0.2, 0) is 6.42 Å². The lowest BCUT2D eigenvalue weighted by molar-refractivity contribution is 0.338. The first kappa shape index (κ1) is 25.3. The molecule has 3 rings (SSSR count). The number of hydrogen-bond donors (Lipinski definition) is 4. The van der Waals surface area contributed by atoms with Gasteiger partial charge in [-0.2, -0.15) is 0 Å². The molecule has 3 aromatic rings. The lowest BCUT2D eigenvalue weighted by Gasteiger charge is -2.16. The molecule has 12 heteroatoms. The third-order valence-corrected chi connectivity index (χ3v) is 4.87. The van der Waals surface area contributed by atoms with Gasteiger partial charge in [-0.05, 0) is 18.1 Å². The van der Waals surface area contributed by atoms with Gasteiger partial charge in [0.2, 0.25) is 0 Å². The summed E-state index contributed by atoms with van der Waals surface area (Å²) >= 11 is 0. The van der Waals surface area contributed by atoms with Crippen molar-refractivity contribution in [2.45, 2.75) is 13.3 Å². The predicted octanol–water partition coefficient (Wildman–Crippen LogP) is 0.605. The number of ether oxygens (including phenoxy) is 2. The quantitative estimate of drug-likeness (QED) is 0.105. The molecule has 1 aromatic heterocycles. The highest BCUT2D eigenvalue weighted by Gasteiger charge is 2.18. The van der Waals surface area contributed by atoms with Gasteiger partial charge in [0, 0.05) is 38.2 Å². The van der Waals surface area contributed by atoms with Crippen molar-refractivity contribution in [3.8, 4) is 11.5 Å². The van der Waals surface area contributed by atoms with E-state index in [4.69, 9.17) is 37.0 Å². The fraction of sp³-hybridized carbons (Fsp3) is 0.261. The van der Waals surface area contributed by atoms with Crippen LogP contribution < -0.4 is 38.3 Å². The lowest BCUT2D eigenvalue weighted by Crippen LogP contribution is -2.29. The molecule has 0 amide bonds. The largest absolute Gasteiger partial charge is 0.485 e. The maximum Gasteiger partial charge on any atom is 0.340 e. The van der Waals surface area contributed by atoms with Crippen LogP contribution >= 0.6 is 0 Å². The molecular weight excluding hydrogens is 452 g/mol. The van der Waals surface area contributed by atoms with E-state index in [-0.39, 0.29) is 30.5 Å². The van der Waals surface area contributed by atoms with Gasteiger partial charge in [0.25, 0.3) is 0 Å². The third-order valence-electron chi connectivity index (χ3n) is 4.87. The molecule has 0 aliphatic carbocycles. The van der Waals surface area contributed by atoms with Crippen molar-refractivity contribution in [1.82, 2.24) is 10.2 Å². The standard InChI is InChI=1S/C23H30N8O4/c1-14-17(9-15-7-5-4-6-8-15)23(32)35-19-11-16(33-12-20(24)28-30(2)26)10-18(22(14)19)34-13-21(25)29-31(3)27/h4-8,10-11H,9,12-13,26-27H2,1-3H3,(H2,24,28)(H2,25,29). The van der Waals surface area contributed by atoms with Gasteiger partial charge in [-0.15, -0.1) is 10.2 Å². The van der Waals surface area contributed by atoms with E-state index in [0.29, 0.717) is 28.9 Å². The smallest absolute Gasteiger partial charge is 0.340 e. The Hall–Kier alpha value is -4.29. The first-order chi connectivity index (χ1) is 16.6. The van der Waals surface area contributed by atoms with Crippen molar-refractivity contribution in [3.05, 3.63) is 69.6 Å². The molecule has 0 unspecified atom stereocenters. The molecule has 186 valence electrons. The summed E-state index contributed by atoms with van der Waals surface area (Å²) in [6.07, 6.45) is 0.407. The van der Waals surface area contributed by atoms with Gasteiger partial charge in [0.15, 0.2) is 11.7 Å². The van der Waals surface area contributed by atoms with E-state index in [1.165, 1.54) is 14.1 Å². The summed E-state index contributed by atoms with van der Waals surface area (Å²) in [4.78, 5) is 12.9. The van der Waals surface area contributed by atoms with Gasteiger partial charge in [-0.3, -0.25) is 0 Å². The van der Waals surface area contributed by atoms with E-state index in [0.717, 1.165) is 21.4 Å². The SMILES string of the molecule is Cc1c(Cc2ccccc2)c(=O)oc2cc(OC/C(N)=N/N(C)N)cc(OC/C(N)=N/N(C)N)c12. The average molecular weight is 483 g/mol. The van der Waals surface area contributed by atoms with Crippen LogP contribution in [0, 0.1) is 6.92 Å². The molecule has 12 nitrogen and oxygen atoms in total. The highest BCUT2D eigenvalue weighted by Crippen LogP contribution is 2.34. The highest BCUT2D eigenvalue weighted by molar-refractivity contribution is 5.90. The number of nitrogens with zero attached hydrogens (tertiary/aromatic N) is 4. The van der Waals surface area contributed by atoms with E-state index >= 15 is 0 Å². The molecule has 0 aliphatic rings. The van der Waals surface area contributed by atoms with Crippen LogP contribution in [0.5, 0.6) is 11.5 Å². The number of hydrazone groups is 2. The summed E-state index contributed by atoms with van der Waals surface area (Å²) in [7, 11) is 3.07. The Morgan fingerprint density at radius 1 is 0.971 bits per heavy atom. The van der Waals surface area contributed by atoms with Crippen molar-refractivity contribution in [2.75, 3.05) is 27.3 Å². The van der Waals surface area contributed by atoms with E-state index in [1.807, 2.05) is 37.3 Å². The first-order valence-corrected chi connectivity index (χ1v) is 10.7. The second-order valence-electron chi connectivity index (χ2n) is 7.86. The zero-order valence-electron chi connectivity index (χ0n) is 19.9. The van der Waals surface area contributed by atoms with Gasteiger partial charge in [0.05, 0.1) is 5.39 Å². The Balaban J connectivity index is 2.05. The predicted molar refractivity (Wildman–Crippen MR) is 135 cm³/mol. The van der Waals surface area contributed by atoms with E-state index < -0.39 is 5.63 Å². The van der Waals surface area contributed by atoms with Crippen LogP contribution in [0.2, 0.25) is 0 Å². The number of amidine groups is 2. The van der Waals surface area contributed by atoms with Crippen molar-refractivity contribution in [1.29, 1.82) is 0 Å². The van der Waals surface area contributed by atoms with Crippen LogP contribution in [0.1, 0.15) is 16.7 Å². The summed E-state index contributed by atoms with van der Waals surface area (Å²) in [5.74, 6) is 12.0. The molecule has 0 radical (unpaired) electrons. The van der Waals surface area contributed by atoms with Gasteiger partial charge in [-0.25, -0.2) is 26.7 Å². The number of fused-ring (bicyclic) bond motifs is 1. The van der Waals surface area contributed by atoms with E-state index in [1.54, 1.807) is 12.1 Å². The van der Waals surface area contributed by atoms with Crippen molar-refractivity contribution in [3.63, 3.8) is 0 Å². The minimum atomic E-state index is -0.446. The summed E-state index contributed by atoms with van der Waals surface area (Å²) in [5.41, 5.74) is 13.8. The van der Waals surface area contributed by atoms with Crippen molar-refractivity contribution in [2.24, 2.45) is 33.4 Å². The van der Waals surface area contributed by atoms with Crippen LogP contribution in [-0.4, -0.2) is 49.2 Å². The van der Waals surface area contributed by atoms with E-state index in [2.05, 4.69) is 10.2 Å². The molecule has 0 aliphatic heterocycles. The molecule has 0 saturated heterocycles. The summed E-state index contributed by atoms with van der Waals surface area (Å²) < 4.78 is 17.3. The third kappa shape index (κ3) is 6.85. The molecular formula is C23H30N8O4. The summed E-state index contributed by atoms with van der Waals surface area (Å²) in [6.45, 7) is 1.73. The maximum atomic E-state index is 12.9. The minimum absolute atomic E-state index is 0.0522. The fourth-order valence-electron chi connectivity index (χ4n) is 3.46. The number of aryl methyl sites for hydroxylation is 1. The lowest BCUT2D eigenvalue weighted by atomic mass is 9.99. The minimum Gasteiger partial charge on any atom is -0.485 e. The van der Waals surface area contributed by atoms with Crippen LogP contribution in [0.4, 0.5) is 0 Å².